The van der Waals surface area contributed by atoms with E-state index >= 15 is 0 Å². The summed E-state index contributed by atoms with van der Waals surface area (Å²) in [7, 11) is 0. The molecule has 0 fully saturated rings. The Morgan fingerprint density at radius 1 is 0.738 bits per heavy atom. The molecule has 0 bridgehead atoms. The number of carbonyl (C=O) groups is 5. The van der Waals surface area contributed by atoms with Crippen molar-refractivity contribution in [2.24, 2.45) is 0 Å². The summed E-state index contributed by atoms with van der Waals surface area (Å²) >= 11 is 0. The van der Waals surface area contributed by atoms with Crippen LogP contribution in [0.5, 0.6) is 0 Å². The van der Waals surface area contributed by atoms with Crippen molar-refractivity contribution in [1.82, 2.24) is 29.7 Å². The van der Waals surface area contributed by atoms with Crippen molar-refractivity contribution in [3.8, 4) is 0 Å². The summed E-state index contributed by atoms with van der Waals surface area (Å²) < 4.78 is 21.8. The number of imidazole rings is 2. The van der Waals surface area contributed by atoms with Crippen LogP contribution in [0.4, 0.5) is 16.4 Å². The van der Waals surface area contributed by atoms with Gasteiger partial charge in [-0.05, 0) is 9.85 Å². The standard InChI is InChI=1S/C21H26N8O13/c1-13-22-7-17(28(35)36)26(13)3-5-41-19(32)11-39-9-15(30)24-21(34)25-16(31)10-40-12-20(33)42-6-4-27-14(2)23-8-18(27)29(37)38/h7-8H,3-6,9-12H2,1-2H3,(H2,24,25,30,31,34). The van der Waals surface area contributed by atoms with E-state index in [9.17, 15) is 44.2 Å². The minimum atomic E-state index is -1.23. The lowest BCUT2D eigenvalue weighted by Crippen LogP contribution is -2.45. The van der Waals surface area contributed by atoms with Crippen LogP contribution < -0.4 is 10.6 Å². The molecule has 0 spiro atoms. The van der Waals surface area contributed by atoms with Crippen LogP contribution in [0.15, 0.2) is 12.4 Å². The molecule has 0 saturated carbocycles. The minimum Gasteiger partial charge on any atom is -0.460 e. The zero-order chi connectivity index (χ0) is 31.2. The first-order valence-electron chi connectivity index (χ1n) is 11.8. The second-order valence-corrected chi connectivity index (χ2v) is 8.00. The Hall–Kier alpha value is -5.31. The number of hydrogen-bond acceptors (Lipinski definition) is 15. The van der Waals surface area contributed by atoms with Crippen LogP contribution in [0.2, 0.25) is 0 Å². The molecule has 0 aliphatic heterocycles. The van der Waals surface area contributed by atoms with Gasteiger partial charge in [0.05, 0.1) is 0 Å². The lowest BCUT2D eigenvalue weighted by molar-refractivity contribution is -0.392. The molecule has 2 heterocycles. The molecule has 4 amide bonds. The third-order valence-corrected chi connectivity index (χ3v) is 5.01. The van der Waals surface area contributed by atoms with Gasteiger partial charge in [-0.1, -0.05) is 0 Å². The van der Waals surface area contributed by atoms with Crippen LogP contribution in [-0.4, -0.2) is 98.4 Å². The predicted molar refractivity (Wildman–Crippen MR) is 132 cm³/mol. The van der Waals surface area contributed by atoms with E-state index in [1.807, 2.05) is 0 Å². The summed E-state index contributed by atoms with van der Waals surface area (Å²) in [5.74, 6) is -3.61. The second kappa shape index (κ2) is 16.1. The molecule has 2 rings (SSSR count). The van der Waals surface area contributed by atoms with Gasteiger partial charge in [-0.25, -0.2) is 33.5 Å². The lowest BCUT2D eigenvalue weighted by atomic mass is 10.5. The zero-order valence-corrected chi connectivity index (χ0v) is 22.3. The first kappa shape index (κ1) is 32.9. The first-order chi connectivity index (χ1) is 19.9. The minimum absolute atomic E-state index is 0.0355. The molecule has 228 valence electrons. The van der Waals surface area contributed by atoms with Gasteiger partial charge in [-0.15, -0.1) is 0 Å². The summed E-state index contributed by atoms with van der Waals surface area (Å²) in [6.45, 7) is -0.270. The molecular weight excluding hydrogens is 572 g/mol. The SMILES string of the molecule is Cc1ncc([N+](=O)[O-])n1CCOC(=O)COCC(=O)NC(=O)NC(=O)COCC(=O)OCCn1c([N+](=O)[O-])cnc1C. The Balaban J connectivity index is 1.55. The molecular formula is C21H26N8O13. The van der Waals surface area contributed by atoms with Crippen LogP contribution in [0.3, 0.4) is 0 Å². The molecule has 0 aliphatic carbocycles. The molecule has 2 N–H and O–H groups in total. The highest BCUT2D eigenvalue weighted by molar-refractivity contribution is 6.02. The molecule has 42 heavy (non-hydrogen) atoms. The van der Waals surface area contributed by atoms with E-state index in [-0.39, 0.29) is 37.9 Å². The Morgan fingerprint density at radius 3 is 1.48 bits per heavy atom. The predicted octanol–water partition coefficient (Wildman–Crippen LogP) is -1.31. The summed E-state index contributed by atoms with van der Waals surface area (Å²) in [5.41, 5.74) is 0. The monoisotopic (exact) mass is 598 g/mol. The Kier molecular flexibility index (Phi) is 12.6. The van der Waals surface area contributed by atoms with Gasteiger partial charge < -0.3 is 39.2 Å². The Bertz CT molecular complexity index is 1240. The van der Waals surface area contributed by atoms with E-state index in [0.717, 1.165) is 12.4 Å². The number of hydrogen-bond donors (Lipinski definition) is 2. The van der Waals surface area contributed by atoms with Gasteiger partial charge in [-0.2, -0.15) is 0 Å². The molecule has 0 aliphatic rings. The largest absolute Gasteiger partial charge is 0.460 e. The van der Waals surface area contributed by atoms with Gasteiger partial charge in [0.15, 0.2) is 11.6 Å². The van der Waals surface area contributed by atoms with Crippen LogP contribution in [-0.2, 0) is 51.2 Å². The maximum atomic E-state index is 11.7. The smallest absolute Gasteiger partial charge is 0.342 e. The van der Waals surface area contributed by atoms with Crippen molar-refractivity contribution in [3.63, 3.8) is 0 Å². The quantitative estimate of drug-likeness (QED) is 0.129. The molecule has 0 radical (unpaired) electrons. The van der Waals surface area contributed by atoms with Gasteiger partial charge in [0.2, 0.25) is 0 Å². The second-order valence-electron chi connectivity index (χ2n) is 8.00. The Labute approximate surface area is 235 Å². The molecule has 0 unspecified atom stereocenters. The number of aromatic nitrogens is 4. The average Bonchev–Trinajstić information content (AvgIpc) is 3.46. The fourth-order valence-corrected chi connectivity index (χ4v) is 3.15. The maximum absolute atomic E-state index is 11.7. The molecule has 21 heteroatoms. The van der Waals surface area contributed by atoms with E-state index < -0.39 is 66.1 Å². The van der Waals surface area contributed by atoms with Gasteiger partial charge in [0.1, 0.15) is 65.1 Å². The number of imide groups is 2. The average molecular weight is 598 g/mol. The topological polar surface area (TPSA) is 268 Å². The van der Waals surface area contributed by atoms with Gasteiger partial charge in [0, 0.05) is 13.8 Å². The third-order valence-electron chi connectivity index (χ3n) is 5.01. The van der Waals surface area contributed by atoms with Gasteiger partial charge in [-0.3, -0.25) is 20.2 Å². The molecule has 0 atom stereocenters. The zero-order valence-electron chi connectivity index (χ0n) is 22.3. The summed E-state index contributed by atoms with van der Waals surface area (Å²) in [6.07, 6.45) is 2.14. The maximum Gasteiger partial charge on any atom is 0.342 e. The molecule has 0 aromatic carbocycles. The van der Waals surface area contributed by atoms with Crippen LogP contribution in [0.1, 0.15) is 11.6 Å². The van der Waals surface area contributed by atoms with Crippen LogP contribution in [0, 0.1) is 34.1 Å². The van der Waals surface area contributed by atoms with Gasteiger partial charge >= 0.3 is 29.6 Å². The van der Waals surface area contributed by atoms with E-state index in [0.29, 0.717) is 11.6 Å². The molecule has 2 aromatic rings. The fraction of sp³-hybridized carbons (Fsp3) is 0.476. The highest BCUT2D eigenvalue weighted by Gasteiger charge is 2.19. The number of nitrogens with one attached hydrogen (secondary N) is 2. The number of urea groups is 1. The Morgan fingerprint density at radius 2 is 1.12 bits per heavy atom. The highest BCUT2D eigenvalue weighted by Crippen LogP contribution is 2.14. The number of aryl methyl sites for hydroxylation is 2. The van der Waals surface area contributed by atoms with Crippen molar-refractivity contribution in [2.45, 2.75) is 26.9 Å². The third kappa shape index (κ3) is 10.7. The molecule has 2 aromatic heterocycles. The van der Waals surface area contributed by atoms with Crippen molar-refractivity contribution in [1.29, 1.82) is 0 Å². The summed E-state index contributed by atoms with van der Waals surface area (Å²) in [5, 5.41) is 25.4. The summed E-state index contributed by atoms with van der Waals surface area (Å²) in [4.78, 5) is 86.8. The van der Waals surface area contributed by atoms with Crippen molar-refractivity contribution < 1.29 is 52.8 Å². The van der Waals surface area contributed by atoms with Crippen LogP contribution in [0.25, 0.3) is 0 Å². The van der Waals surface area contributed by atoms with Crippen molar-refractivity contribution in [3.05, 3.63) is 44.3 Å². The van der Waals surface area contributed by atoms with Crippen molar-refractivity contribution in [2.75, 3.05) is 39.6 Å². The fourth-order valence-electron chi connectivity index (χ4n) is 3.15. The highest BCUT2D eigenvalue weighted by atomic mass is 16.6. The van der Waals surface area contributed by atoms with E-state index in [1.165, 1.54) is 23.0 Å². The number of rotatable bonds is 16. The van der Waals surface area contributed by atoms with Crippen LogP contribution >= 0.6 is 0 Å². The number of amides is 4. The van der Waals surface area contributed by atoms with E-state index in [1.54, 1.807) is 10.6 Å². The lowest BCUT2D eigenvalue weighted by Gasteiger charge is -2.08. The normalized spacial score (nSPS) is 10.5. The molecule has 0 saturated heterocycles. The van der Waals surface area contributed by atoms with E-state index in [2.05, 4.69) is 9.97 Å². The number of nitrogens with zero attached hydrogens (tertiary/aromatic N) is 6. The number of ether oxygens (including phenoxy) is 4. The number of carbonyl (C=O) groups excluding carboxylic acids is 5. The number of esters is 2. The van der Waals surface area contributed by atoms with Crippen molar-refractivity contribution >= 4 is 41.4 Å². The molecule has 21 nitrogen and oxygen atoms in total. The first-order valence-corrected chi connectivity index (χ1v) is 11.8. The summed E-state index contributed by atoms with van der Waals surface area (Å²) in [6, 6.07) is -1.23. The number of nitro groups is 2. The van der Waals surface area contributed by atoms with E-state index in [4.69, 9.17) is 18.9 Å². The van der Waals surface area contributed by atoms with Gasteiger partial charge in [0.25, 0.3) is 11.8 Å².